The number of amides is 2. The molecule has 0 bridgehead atoms. The van der Waals surface area contributed by atoms with E-state index in [1.165, 1.54) is 47.4 Å². The molecule has 0 radical (unpaired) electrons. The summed E-state index contributed by atoms with van der Waals surface area (Å²) in [5.41, 5.74) is 0.301. The largest absolute Gasteiger partial charge is 0.354 e. The number of halogens is 3. The molecule has 0 spiro atoms. The SMILES string of the molecule is CCCNC(=O)[C@@H](CC)N(Cc1ccc(Cl)c(Cl)c1)C(=O)CN(c1ccccc1F)S(=O)(=O)c1ccccc1. The topological polar surface area (TPSA) is 86.8 Å². The number of para-hydroxylation sites is 1. The van der Waals surface area contributed by atoms with Gasteiger partial charge in [-0.2, -0.15) is 0 Å². The monoisotopic (exact) mass is 593 g/mol. The second-order valence-corrected chi connectivity index (χ2v) is 11.4. The van der Waals surface area contributed by atoms with Gasteiger partial charge in [-0.1, -0.05) is 73.4 Å². The van der Waals surface area contributed by atoms with Crippen molar-refractivity contribution >= 4 is 50.7 Å². The smallest absolute Gasteiger partial charge is 0.264 e. The summed E-state index contributed by atoms with van der Waals surface area (Å²) in [5.74, 6) is -1.88. The van der Waals surface area contributed by atoms with Gasteiger partial charge < -0.3 is 10.2 Å². The van der Waals surface area contributed by atoms with Gasteiger partial charge in [0.05, 0.1) is 20.6 Å². The second kappa shape index (κ2) is 13.8. The minimum atomic E-state index is -4.35. The number of hydrogen-bond donors (Lipinski definition) is 1. The van der Waals surface area contributed by atoms with Gasteiger partial charge >= 0.3 is 0 Å². The molecule has 1 N–H and O–H groups in total. The zero-order chi connectivity index (χ0) is 28.6. The molecule has 39 heavy (non-hydrogen) atoms. The Morgan fingerprint density at radius 1 is 0.949 bits per heavy atom. The molecule has 0 saturated carbocycles. The number of carbonyl (C=O) groups is 2. The number of anilines is 1. The first kappa shape index (κ1) is 30.4. The maximum absolute atomic E-state index is 14.9. The number of nitrogens with one attached hydrogen (secondary N) is 1. The van der Waals surface area contributed by atoms with Crippen molar-refractivity contribution in [3.63, 3.8) is 0 Å². The van der Waals surface area contributed by atoms with Crippen LogP contribution >= 0.6 is 23.2 Å². The Kier molecular flexibility index (Phi) is 10.7. The highest BCUT2D eigenvalue weighted by Crippen LogP contribution is 2.28. The highest BCUT2D eigenvalue weighted by molar-refractivity contribution is 7.92. The van der Waals surface area contributed by atoms with Crippen molar-refractivity contribution in [1.82, 2.24) is 10.2 Å². The van der Waals surface area contributed by atoms with Crippen LogP contribution in [-0.2, 0) is 26.2 Å². The van der Waals surface area contributed by atoms with Crippen LogP contribution in [0.2, 0.25) is 10.0 Å². The average molecular weight is 595 g/mol. The first-order valence-corrected chi connectivity index (χ1v) is 14.6. The number of carbonyl (C=O) groups excluding carboxylic acids is 2. The molecule has 0 fully saturated rings. The quantitative estimate of drug-likeness (QED) is 0.293. The third kappa shape index (κ3) is 7.50. The summed E-state index contributed by atoms with van der Waals surface area (Å²) < 4.78 is 43.0. The fourth-order valence-electron chi connectivity index (χ4n) is 4.01. The molecule has 11 heteroatoms. The van der Waals surface area contributed by atoms with Crippen LogP contribution in [-0.4, -0.2) is 44.3 Å². The lowest BCUT2D eigenvalue weighted by atomic mass is 10.1. The lowest BCUT2D eigenvalue weighted by Crippen LogP contribution is -2.52. The average Bonchev–Trinajstić information content (AvgIpc) is 2.93. The van der Waals surface area contributed by atoms with Gasteiger partial charge in [-0.15, -0.1) is 0 Å². The number of rotatable bonds is 12. The predicted octanol–water partition coefficient (Wildman–Crippen LogP) is 5.66. The lowest BCUT2D eigenvalue weighted by molar-refractivity contribution is -0.140. The van der Waals surface area contributed by atoms with Gasteiger partial charge in [0.1, 0.15) is 18.4 Å². The van der Waals surface area contributed by atoms with Crippen LogP contribution < -0.4 is 9.62 Å². The van der Waals surface area contributed by atoms with Crippen LogP contribution in [0.4, 0.5) is 10.1 Å². The van der Waals surface area contributed by atoms with E-state index in [1.807, 2.05) is 6.92 Å². The molecule has 3 rings (SSSR count). The van der Waals surface area contributed by atoms with Crippen molar-refractivity contribution in [2.45, 2.75) is 44.2 Å². The summed E-state index contributed by atoms with van der Waals surface area (Å²) in [7, 11) is -4.35. The third-order valence-corrected chi connectivity index (χ3v) is 8.52. The molecule has 0 saturated heterocycles. The molecular formula is C28H30Cl2FN3O4S. The molecule has 3 aromatic rings. The molecule has 0 unspecified atom stereocenters. The third-order valence-electron chi connectivity index (χ3n) is 6.00. The van der Waals surface area contributed by atoms with E-state index in [4.69, 9.17) is 23.2 Å². The van der Waals surface area contributed by atoms with Crippen LogP contribution in [0.25, 0.3) is 0 Å². The molecule has 3 aromatic carbocycles. The van der Waals surface area contributed by atoms with E-state index in [9.17, 15) is 22.4 Å². The summed E-state index contributed by atoms with van der Waals surface area (Å²) in [6.45, 7) is 3.27. The minimum absolute atomic E-state index is 0.0513. The van der Waals surface area contributed by atoms with E-state index in [0.29, 0.717) is 23.6 Å². The van der Waals surface area contributed by atoms with Gasteiger partial charge in [0, 0.05) is 13.1 Å². The van der Waals surface area contributed by atoms with Gasteiger partial charge in [-0.05, 0) is 54.8 Å². The van der Waals surface area contributed by atoms with E-state index in [2.05, 4.69) is 5.32 Å². The van der Waals surface area contributed by atoms with Crippen LogP contribution in [0.5, 0.6) is 0 Å². The molecule has 0 aromatic heterocycles. The van der Waals surface area contributed by atoms with Crippen LogP contribution in [0.15, 0.2) is 77.7 Å². The Balaban J connectivity index is 2.06. The van der Waals surface area contributed by atoms with Crippen LogP contribution in [0, 0.1) is 5.82 Å². The van der Waals surface area contributed by atoms with Gasteiger partial charge in [-0.25, -0.2) is 12.8 Å². The molecule has 2 amide bonds. The summed E-state index contributed by atoms with van der Waals surface area (Å²) in [4.78, 5) is 28.2. The maximum atomic E-state index is 14.9. The zero-order valence-corrected chi connectivity index (χ0v) is 23.9. The van der Waals surface area contributed by atoms with Crippen molar-refractivity contribution in [1.29, 1.82) is 0 Å². The highest BCUT2D eigenvalue weighted by Gasteiger charge is 2.34. The Labute approximate surface area is 238 Å². The molecule has 0 aliphatic heterocycles. The summed E-state index contributed by atoms with van der Waals surface area (Å²) in [5, 5.41) is 3.40. The summed E-state index contributed by atoms with van der Waals surface area (Å²) >= 11 is 12.2. The van der Waals surface area contributed by atoms with Crippen molar-refractivity contribution in [3.05, 3.63) is 94.2 Å². The fourth-order valence-corrected chi connectivity index (χ4v) is 5.77. The summed E-state index contributed by atoms with van der Waals surface area (Å²) in [6.07, 6.45) is 0.951. The van der Waals surface area contributed by atoms with Gasteiger partial charge in [0.2, 0.25) is 11.8 Å². The molecule has 7 nitrogen and oxygen atoms in total. The fraction of sp³-hybridized carbons (Fsp3) is 0.286. The Morgan fingerprint density at radius 2 is 1.62 bits per heavy atom. The first-order chi connectivity index (χ1) is 18.6. The van der Waals surface area contributed by atoms with Crippen molar-refractivity contribution < 1.29 is 22.4 Å². The van der Waals surface area contributed by atoms with Crippen LogP contribution in [0.1, 0.15) is 32.3 Å². The Bertz CT molecular complexity index is 1410. The van der Waals surface area contributed by atoms with E-state index in [0.717, 1.165) is 10.4 Å². The van der Waals surface area contributed by atoms with E-state index >= 15 is 0 Å². The van der Waals surface area contributed by atoms with Gasteiger partial charge in [0.25, 0.3) is 10.0 Å². The van der Waals surface area contributed by atoms with Crippen LogP contribution in [0.3, 0.4) is 0 Å². The predicted molar refractivity (Wildman–Crippen MR) is 152 cm³/mol. The lowest BCUT2D eigenvalue weighted by Gasteiger charge is -2.33. The highest BCUT2D eigenvalue weighted by atomic mass is 35.5. The van der Waals surface area contributed by atoms with Gasteiger partial charge in [-0.3, -0.25) is 13.9 Å². The number of benzene rings is 3. The van der Waals surface area contributed by atoms with Gasteiger partial charge in [0.15, 0.2) is 0 Å². The first-order valence-electron chi connectivity index (χ1n) is 12.4. The molecular weight excluding hydrogens is 564 g/mol. The zero-order valence-electron chi connectivity index (χ0n) is 21.6. The Hall–Kier alpha value is -3.14. The van der Waals surface area contributed by atoms with E-state index in [-0.39, 0.29) is 34.5 Å². The second-order valence-electron chi connectivity index (χ2n) is 8.76. The van der Waals surface area contributed by atoms with E-state index < -0.39 is 34.3 Å². The van der Waals surface area contributed by atoms with Crippen molar-refractivity contribution in [3.8, 4) is 0 Å². The van der Waals surface area contributed by atoms with E-state index in [1.54, 1.807) is 31.2 Å². The number of nitrogens with zero attached hydrogens (tertiary/aromatic N) is 2. The standard InChI is InChI=1S/C28H30Cl2FN3O4S/c1-3-16-32-28(36)25(4-2)33(18-20-14-15-22(29)23(30)17-20)27(35)19-34(26-13-9-8-12-24(26)31)39(37,38)21-10-6-5-7-11-21/h5-15,17,25H,3-4,16,18-19H2,1-2H3,(H,32,36)/t25-/m1/s1. The molecule has 0 aliphatic rings. The number of sulfonamides is 1. The molecule has 0 aliphatic carbocycles. The minimum Gasteiger partial charge on any atom is -0.354 e. The Morgan fingerprint density at radius 3 is 2.23 bits per heavy atom. The summed E-state index contributed by atoms with van der Waals surface area (Å²) in [6, 6.07) is 16.7. The maximum Gasteiger partial charge on any atom is 0.264 e. The number of hydrogen-bond acceptors (Lipinski definition) is 4. The van der Waals surface area contributed by atoms with Crippen molar-refractivity contribution in [2.24, 2.45) is 0 Å². The normalized spacial score (nSPS) is 12.0. The molecule has 1 atom stereocenters. The van der Waals surface area contributed by atoms with Crippen molar-refractivity contribution in [2.75, 3.05) is 17.4 Å². The molecule has 0 heterocycles. The molecule has 208 valence electrons.